The van der Waals surface area contributed by atoms with Crippen molar-refractivity contribution in [2.45, 2.75) is 13.5 Å². The SMILES string of the molecule is C=C/C=C\C(=C)OCc1ccccc1C(C)=O. The molecule has 0 saturated carbocycles. The Bertz CT molecular complexity index is 456. The summed E-state index contributed by atoms with van der Waals surface area (Å²) in [6, 6.07) is 7.39. The Hall–Kier alpha value is -2.09. The van der Waals surface area contributed by atoms with Crippen molar-refractivity contribution < 1.29 is 9.53 Å². The van der Waals surface area contributed by atoms with E-state index in [4.69, 9.17) is 4.74 Å². The lowest BCUT2D eigenvalue weighted by atomic mass is 10.1. The highest BCUT2D eigenvalue weighted by atomic mass is 16.5. The summed E-state index contributed by atoms with van der Waals surface area (Å²) in [5.41, 5.74) is 1.56. The fraction of sp³-hybridized carbons (Fsp3) is 0.133. The molecular formula is C15H16O2. The molecule has 2 heteroatoms. The van der Waals surface area contributed by atoms with Crippen molar-refractivity contribution in [2.75, 3.05) is 0 Å². The number of allylic oxidation sites excluding steroid dienone is 3. The summed E-state index contributed by atoms with van der Waals surface area (Å²) in [6.07, 6.45) is 5.13. The first-order chi connectivity index (χ1) is 8.15. The monoisotopic (exact) mass is 228 g/mol. The third-order valence-electron chi connectivity index (χ3n) is 2.23. The number of hydrogen-bond acceptors (Lipinski definition) is 2. The van der Waals surface area contributed by atoms with Crippen LogP contribution in [0.3, 0.4) is 0 Å². The largest absolute Gasteiger partial charge is 0.490 e. The molecule has 0 aliphatic heterocycles. The minimum absolute atomic E-state index is 0.0384. The van der Waals surface area contributed by atoms with E-state index < -0.39 is 0 Å². The molecule has 0 unspecified atom stereocenters. The van der Waals surface area contributed by atoms with Crippen LogP contribution in [0, 0.1) is 0 Å². The van der Waals surface area contributed by atoms with Gasteiger partial charge >= 0.3 is 0 Å². The van der Waals surface area contributed by atoms with E-state index in [9.17, 15) is 4.79 Å². The molecule has 88 valence electrons. The van der Waals surface area contributed by atoms with Crippen molar-refractivity contribution in [3.63, 3.8) is 0 Å². The summed E-state index contributed by atoms with van der Waals surface area (Å²) in [7, 11) is 0. The molecule has 0 heterocycles. The Balaban J connectivity index is 2.69. The van der Waals surface area contributed by atoms with Crippen LogP contribution in [-0.2, 0) is 11.3 Å². The van der Waals surface area contributed by atoms with Gasteiger partial charge in [-0.1, -0.05) is 49.6 Å². The quantitative estimate of drug-likeness (QED) is 0.422. The van der Waals surface area contributed by atoms with E-state index in [1.54, 1.807) is 31.2 Å². The first kappa shape index (κ1) is 13.0. The van der Waals surface area contributed by atoms with Crippen LogP contribution in [0.1, 0.15) is 22.8 Å². The molecule has 0 saturated heterocycles. The molecular weight excluding hydrogens is 212 g/mol. The van der Waals surface area contributed by atoms with E-state index in [1.165, 1.54) is 0 Å². The maximum absolute atomic E-state index is 11.4. The summed E-state index contributed by atoms with van der Waals surface area (Å²) in [6.45, 7) is 9.19. The number of hydrogen-bond donors (Lipinski definition) is 0. The summed E-state index contributed by atoms with van der Waals surface area (Å²) in [5, 5.41) is 0. The first-order valence-corrected chi connectivity index (χ1v) is 5.34. The molecule has 0 N–H and O–H groups in total. The van der Waals surface area contributed by atoms with Crippen LogP contribution in [0.15, 0.2) is 61.4 Å². The third-order valence-corrected chi connectivity index (χ3v) is 2.23. The molecule has 0 radical (unpaired) electrons. The smallest absolute Gasteiger partial charge is 0.160 e. The maximum Gasteiger partial charge on any atom is 0.160 e. The number of benzene rings is 1. The molecule has 2 nitrogen and oxygen atoms in total. The molecule has 0 atom stereocenters. The lowest BCUT2D eigenvalue weighted by molar-refractivity contribution is 0.101. The number of rotatable bonds is 6. The second-order valence-electron chi connectivity index (χ2n) is 3.56. The van der Waals surface area contributed by atoms with Gasteiger partial charge in [-0.3, -0.25) is 4.79 Å². The average molecular weight is 228 g/mol. The van der Waals surface area contributed by atoms with Gasteiger partial charge in [0.15, 0.2) is 5.78 Å². The van der Waals surface area contributed by atoms with Crippen LogP contribution in [0.2, 0.25) is 0 Å². The fourth-order valence-corrected chi connectivity index (χ4v) is 1.38. The van der Waals surface area contributed by atoms with E-state index in [1.807, 2.05) is 18.2 Å². The van der Waals surface area contributed by atoms with E-state index in [0.717, 1.165) is 5.56 Å². The predicted molar refractivity (Wildman–Crippen MR) is 69.7 cm³/mol. The van der Waals surface area contributed by atoms with Gasteiger partial charge < -0.3 is 4.74 Å². The second kappa shape index (κ2) is 6.48. The highest BCUT2D eigenvalue weighted by Crippen LogP contribution is 2.12. The molecule has 1 aromatic rings. The number of Topliss-reactive ketones (excluding diaryl/α,β-unsaturated/α-hetero) is 1. The van der Waals surface area contributed by atoms with E-state index in [2.05, 4.69) is 13.2 Å². The fourth-order valence-electron chi connectivity index (χ4n) is 1.38. The lowest BCUT2D eigenvalue weighted by Crippen LogP contribution is -2.01. The van der Waals surface area contributed by atoms with Gasteiger partial charge in [0.05, 0.1) is 0 Å². The minimum atomic E-state index is 0.0384. The topological polar surface area (TPSA) is 26.3 Å². The van der Waals surface area contributed by atoms with Crippen molar-refractivity contribution in [1.29, 1.82) is 0 Å². The van der Waals surface area contributed by atoms with Crippen molar-refractivity contribution in [3.05, 3.63) is 72.5 Å². The molecule has 0 bridgehead atoms. The predicted octanol–water partition coefficient (Wildman–Crippen LogP) is 3.66. The zero-order valence-electron chi connectivity index (χ0n) is 9.98. The lowest BCUT2D eigenvalue weighted by Gasteiger charge is -2.08. The molecule has 0 aromatic heterocycles. The van der Waals surface area contributed by atoms with Crippen LogP contribution in [0.4, 0.5) is 0 Å². The maximum atomic E-state index is 11.4. The molecule has 0 amide bonds. The van der Waals surface area contributed by atoms with E-state index in [-0.39, 0.29) is 5.78 Å². The van der Waals surface area contributed by atoms with Gasteiger partial charge in [0.25, 0.3) is 0 Å². The summed E-state index contributed by atoms with van der Waals surface area (Å²) in [5.74, 6) is 0.583. The number of carbonyl (C=O) groups is 1. The van der Waals surface area contributed by atoms with Crippen LogP contribution in [0.5, 0.6) is 0 Å². The second-order valence-corrected chi connectivity index (χ2v) is 3.56. The molecule has 1 rings (SSSR count). The Labute approximate surface area is 102 Å². The summed E-state index contributed by atoms with van der Waals surface area (Å²) in [4.78, 5) is 11.4. The van der Waals surface area contributed by atoms with Crippen molar-refractivity contribution in [3.8, 4) is 0 Å². The first-order valence-electron chi connectivity index (χ1n) is 5.34. The standard InChI is InChI=1S/C15H16O2/c1-4-5-8-12(2)17-11-14-9-6-7-10-15(14)13(3)16/h4-10H,1-2,11H2,3H3/b8-5-. The number of ether oxygens (including phenoxy) is 1. The summed E-state index contributed by atoms with van der Waals surface area (Å²) >= 11 is 0. The Morgan fingerprint density at radius 3 is 2.76 bits per heavy atom. The van der Waals surface area contributed by atoms with Gasteiger partial charge in [0, 0.05) is 11.1 Å². The van der Waals surface area contributed by atoms with Gasteiger partial charge in [0.2, 0.25) is 0 Å². The summed E-state index contributed by atoms with van der Waals surface area (Å²) < 4.78 is 5.44. The van der Waals surface area contributed by atoms with E-state index in [0.29, 0.717) is 17.9 Å². The molecule has 0 aliphatic carbocycles. The van der Waals surface area contributed by atoms with E-state index >= 15 is 0 Å². The zero-order valence-corrected chi connectivity index (χ0v) is 9.98. The van der Waals surface area contributed by atoms with Gasteiger partial charge in [-0.05, 0) is 13.0 Å². The van der Waals surface area contributed by atoms with Gasteiger partial charge in [0.1, 0.15) is 12.4 Å². The minimum Gasteiger partial charge on any atom is -0.490 e. The number of ketones is 1. The molecule has 0 fully saturated rings. The zero-order chi connectivity index (χ0) is 12.7. The highest BCUT2D eigenvalue weighted by molar-refractivity contribution is 5.95. The van der Waals surface area contributed by atoms with Crippen LogP contribution >= 0.6 is 0 Å². The van der Waals surface area contributed by atoms with Gasteiger partial charge in [-0.2, -0.15) is 0 Å². The van der Waals surface area contributed by atoms with Crippen molar-refractivity contribution in [2.24, 2.45) is 0 Å². The Kier molecular flexibility index (Phi) is 4.95. The Morgan fingerprint density at radius 2 is 2.12 bits per heavy atom. The molecule has 1 aromatic carbocycles. The van der Waals surface area contributed by atoms with Gasteiger partial charge in [-0.25, -0.2) is 0 Å². The van der Waals surface area contributed by atoms with Crippen LogP contribution < -0.4 is 0 Å². The highest BCUT2D eigenvalue weighted by Gasteiger charge is 2.06. The van der Waals surface area contributed by atoms with Crippen molar-refractivity contribution in [1.82, 2.24) is 0 Å². The number of carbonyl (C=O) groups excluding carboxylic acids is 1. The normalized spacial score (nSPS) is 10.2. The molecule has 0 aliphatic rings. The Morgan fingerprint density at radius 1 is 1.41 bits per heavy atom. The average Bonchev–Trinajstić information content (AvgIpc) is 2.34. The van der Waals surface area contributed by atoms with Crippen LogP contribution in [-0.4, -0.2) is 5.78 Å². The van der Waals surface area contributed by atoms with Crippen molar-refractivity contribution >= 4 is 5.78 Å². The van der Waals surface area contributed by atoms with Gasteiger partial charge in [-0.15, -0.1) is 0 Å². The van der Waals surface area contributed by atoms with Crippen LogP contribution in [0.25, 0.3) is 0 Å². The third kappa shape index (κ3) is 4.11. The molecule has 17 heavy (non-hydrogen) atoms. The molecule has 0 spiro atoms.